The fourth-order valence-corrected chi connectivity index (χ4v) is 3.43. The SMILES string of the molecule is CC(C)c1c(O)c(O)c(C=O)c(COCc2ccccc2)c1-c1ccccc1. The van der Waals surface area contributed by atoms with Gasteiger partial charge >= 0.3 is 0 Å². The minimum Gasteiger partial charge on any atom is -0.504 e. The molecule has 0 spiro atoms. The van der Waals surface area contributed by atoms with Gasteiger partial charge in [0, 0.05) is 11.1 Å². The molecule has 0 radical (unpaired) electrons. The Balaban J connectivity index is 2.11. The molecule has 0 aromatic heterocycles. The molecule has 0 amide bonds. The number of rotatable bonds is 7. The standard InChI is InChI=1S/C24H24O4/c1-16(2)21-22(18-11-7-4-8-12-18)20(19(13-25)23(26)24(21)27)15-28-14-17-9-5-3-6-10-17/h3-13,16,26-27H,14-15H2,1-2H3. The minimum atomic E-state index is -0.392. The average Bonchev–Trinajstić information content (AvgIpc) is 2.71. The van der Waals surface area contributed by atoms with Crippen molar-refractivity contribution in [3.8, 4) is 22.6 Å². The first-order valence-electron chi connectivity index (χ1n) is 9.27. The largest absolute Gasteiger partial charge is 0.504 e. The number of benzene rings is 3. The summed E-state index contributed by atoms with van der Waals surface area (Å²) in [5.41, 5.74) is 3.87. The van der Waals surface area contributed by atoms with Crippen LogP contribution < -0.4 is 0 Å². The zero-order valence-corrected chi connectivity index (χ0v) is 16.1. The molecule has 4 heteroatoms. The predicted molar refractivity (Wildman–Crippen MR) is 110 cm³/mol. The van der Waals surface area contributed by atoms with E-state index in [9.17, 15) is 15.0 Å². The van der Waals surface area contributed by atoms with Crippen molar-refractivity contribution < 1.29 is 19.7 Å². The van der Waals surface area contributed by atoms with E-state index in [-0.39, 0.29) is 23.8 Å². The van der Waals surface area contributed by atoms with Crippen LogP contribution in [0.4, 0.5) is 0 Å². The number of carbonyl (C=O) groups excluding carboxylic acids is 1. The van der Waals surface area contributed by atoms with Crippen molar-refractivity contribution in [2.45, 2.75) is 33.0 Å². The van der Waals surface area contributed by atoms with Gasteiger partial charge in [-0.2, -0.15) is 0 Å². The summed E-state index contributed by atoms with van der Waals surface area (Å²) in [4.78, 5) is 11.8. The highest BCUT2D eigenvalue weighted by Gasteiger charge is 2.25. The number of phenols is 2. The summed E-state index contributed by atoms with van der Waals surface area (Å²) in [5, 5.41) is 21.1. The van der Waals surface area contributed by atoms with Gasteiger partial charge < -0.3 is 14.9 Å². The summed E-state index contributed by atoms with van der Waals surface area (Å²) in [5.74, 6) is -0.700. The van der Waals surface area contributed by atoms with Crippen LogP contribution in [-0.2, 0) is 18.0 Å². The molecule has 3 rings (SSSR count). The molecule has 0 aliphatic rings. The second-order valence-electron chi connectivity index (χ2n) is 7.00. The lowest BCUT2D eigenvalue weighted by Gasteiger charge is -2.22. The molecule has 0 unspecified atom stereocenters. The molecule has 4 nitrogen and oxygen atoms in total. The maximum Gasteiger partial charge on any atom is 0.168 e. The van der Waals surface area contributed by atoms with E-state index in [1.165, 1.54) is 0 Å². The average molecular weight is 376 g/mol. The van der Waals surface area contributed by atoms with Crippen molar-refractivity contribution in [1.82, 2.24) is 0 Å². The molecular formula is C24H24O4. The van der Waals surface area contributed by atoms with Crippen LogP contribution >= 0.6 is 0 Å². The van der Waals surface area contributed by atoms with Crippen LogP contribution in [0.5, 0.6) is 11.5 Å². The Labute approximate surface area is 165 Å². The number of hydrogen-bond donors (Lipinski definition) is 2. The summed E-state index contributed by atoms with van der Waals surface area (Å²) >= 11 is 0. The van der Waals surface area contributed by atoms with Gasteiger partial charge in [0.15, 0.2) is 17.8 Å². The van der Waals surface area contributed by atoms with Gasteiger partial charge in [-0.05, 0) is 22.6 Å². The highest BCUT2D eigenvalue weighted by Crippen LogP contribution is 2.46. The number of hydrogen-bond acceptors (Lipinski definition) is 4. The number of aromatic hydroxyl groups is 2. The number of phenolic OH excluding ortho intramolecular Hbond substituents is 2. The second kappa shape index (κ2) is 8.72. The highest BCUT2D eigenvalue weighted by atomic mass is 16.5. The fraction of sp³-hybridized carbons (Fsp3) is 0.208. The van der Waals surface area contributed by atoms with Gasteiger partial charge in [0.25, 0.3) is 0 Å². The molecule has 144 valence electrons. The molecule has 28 heavy (non-hydrogen) atoms. The van der Waals surface area contributed by atoms with E-state index >= 15 is 0 Å². The summed E-state index contributed by atoms with van der Waals surface area (Å²) in [7, 11) is 0. The molecule has 0 aliphatic carbocycles. The Bertz CT molecular complexity index is 948. The molecule has 0 atom stereocenters. The number of ether oxygens (including phenoxy) is 1. The molecule has 0 heterocycles. The zero-order valence-electron chi connectivity index (χ0n) is 16.1. The van der Waals surface area contributed by atoms with E-state index in [0.29, 0.717) is 24.0 Å². The lowest BCUT2D eigenvalue weighted by Crippen LogP contribution is -2.06. The molecule has 3 aromatic carbocycles. The van der Waals surface area contributed by atoms with Crippen LogP contribution in [0.15, 0.2) is 60.7 Å². The van der Waals surface area contributed by atoms with E-state index in [0.717, 1.165) is 16.7 Å². The van der Waals surface area contributed by atoms with E-state index in [4.69, 9.17) is 4.74 Å². The Kier molecular flexibility index (Phi) is 6.12. The molecule has 0 aliphatic heterocycles. The first-order chi connectivity index (χ1) is 13.5. The molecule has 0 saturated heterocycles. The Hall–Kier alpha value is -3.11. The second-order valence-corrected chi connectivity index (χ2v) is 7.00. The van der Waals surface area contributed by atoms with Crippen LogP contribution in [0.2, 0.25) is 0 Å². The van der Waals surface area contributed by atoms with Crippen molar-refractivity contribution >= 4 is 6.29 Å². The fourth-order valence-electron chi connectivity index (χ4n) is 3.43. The van der Waals surface area contributed by atoms with Gasteiger partial charge in [-0.1, -0.05) is 74.5 Å². The Morgan fingerprint density at radius 2 is 1.50 bits per heavy atom. The summed E-state index contributed by atoms with van der Waals surface area (Å²) in [6, 6.07) is 19.3. The van der Waals surface area contributed by atoms with Crippen molar-refractivity contribution in [2.24, 2.45) is 0 Å². The molecule has 0 fully saturated rings. The summed E-state index contributed by atoms with van der Waals surface area (Å²) in [6.45, 7) is 4.40. The predicted octanol–water partition coefficient (Wildman–Crippen LogP) is 5.42. The van der Waals surface area contributed by atoms with Gasteiger partial charge in [-0.3, -0.25) is 4.79 Å². The normalized spacial score (nSPS) is 11.0. The van der Waals surface area contributed by atoms with Crippen LogP contribution in [0.3, 0.4) is 0 Å². The molecule has 3 aromatic rings. The van der Waals surface area contributed by atoms with Crippen molar-refractivity contribution in [3.05, 3.63) is 82.9 Å². The molecular weight excluding hydrogens is 352 g/mol. The first-order valence-corrected chi connectivity index (χ1v) is 9.27. The third-order valence-corrected chi connectivity index (χ3v) is 4.75. The maximum atomic E-state index is 11.8. The molecule has 0 saturated carbocycles. The smallest absolute Gasteiger partial charge is 0.168 e. The van der Waals surface area contributed by atoms with Gasteiger partial charge in [-0.15, -0.1) is 0 Å². The van der Waals surface area contributed by atoms with E-state index in [2.05, 4.69) is 0 Å². The van der Waals surface area contributed by atoms with Gasteiger partial charge in [0.2, 0.25) is 0 Å². The summed E-state index contributed by atoms with van der Waals surface area (Å²) < 4.78 is 5.89. The highest BCUT2D eigenvalue weighted by molar-refractivity contribution is 5.90. The first kappa shape index (κ1) is 19.6. The number of carbonyl (C=O) groups is 1. The van der Waals surface area contributed by atoms with Crippen molar-refractivity contribution in [1.29, 1.82) is 0 Å². The van der Waals surface area contributed by atoms with Crippen LogP contribution in [0.1, 0.15) is 46.8 Å². The zero-order chi connectivity index (χ0) is 20.1. The lowest BCUT2D eigenvalue weighted by atomic mass is 9.85. The number of aldehydes is 1. The molecule has 0 bridgehead atoms. The van der Waals surface area contributed by atoms with Gasteiger partial charge in [0.05, 0.1) is 18.8 Å². The quantitative estimate of drug-likeness (QED) is 0.427. The monoisotopic (exact) mass is 376 g/mol. The van der Waals surface area contributed by atoms with E-state index in [1.54, 1.807) is 0 Å². The topological polar surface area (TPSA) is 66.8 Å². The van der Waals surface area contributed by atoms with E-state index < -0.39 is 5.75 Å². The Morgan fingerprint density at radius 1 is 0.893 bits per heavy atom. The molecule has 2 N–H and O–H groups in total. The third-order valence-electron chi connectivity index (χ3n) is 4.75. The van der Waals surface area contributed by atoms with Gasteiger partial charge in [-0.25, -0.2) is 0 Å². The van der Waals surface area contributed by atoms with E-state index in [1.807, 2.05) is 74.5 Å². The summed E-state index contributed by atoms with van der Waals surface area (Å²) in [6.07, 6.45) is 0.576. The van der Waals surface area contributed by atoms with Crippen LogP contribution in [0.25, 0.3) is 11.1 Å². The lowest BCUT2D eigenvalue weighted by molar-refractivity contribution is 0.103. The van der Waals surface area contributed by atoms with Crippen molar-refractivity contribution in [2.75, 3.05) is 0 Å². The van der Waals surface area contributed by atoms with Crippen molar-refractivity contribution in [3.63, 3.8) is 0 Å². The van der Waals surface area contributed by atoms with Crippen LogP contribution in [-0.4, -0.2) is 16.5 Å². The minimum absolute atomic E-state index is 0.0605. The Morgan fingerprint density at radius 3 is 2.07 bits per heavy atom. The maximum absolute atomic E-state index is 11.8. The third kappa shape index (κ3) is 3.92. The van der Waals surface area contributed by atoms with Crippen LogP contribution in [0, 0.1) is 0 Å². The van der Waals surface area contributed by atoms with Gasteiger partial charge in [0.1, 0.15) is 0 Å².